The van der Waals surface area contributed by atoms with Gasteiger partial charge in [-0.1, -0.05) is 26.2 Å². The summed E-state index contributed by atoms with van der Waals surface area (Å²) in [6.45, 7) is 4.92. The first-order valence-corrected chi connectivity index (χ1v) is 9.22. The van der Waals surface area contributed by atoms with Crippen molar-refractivity contribution in [3.05, 3.63) is 0 Å². The Bertz CT molecular complexity index is 381. The highest BCUT2D eigenvalue weighted by Crippen LogP contribution is 2.45. The van der Waals surface area contributed by atoms with Gasteiger partial charge in [0, 0.05) is 32.2 Å². The molecule has 126 valence electrons. The number of hydrogen-bond donors (Lipinski definition) is 1. The zero-order valence-electron chi connectivity index (χ0n) is 14.2. The van der Waals surface area contributed by atoms with Gasteiger partial charge in [-0.3, -0.25) is 4.79 Å². The lowest BCUT2D eigenvalue weighted by Gasteiger charge is -2.28. The summed E-state index contributed by atoms with van der Waals surface area (Å²) in [6, 6.07) is 1.19. The van der Waals surface area contributed by atoms with E-state index in [1.165, 1.54) is 38.5 Å². The predicted molar refractivity (Wildman–Crippen MR) is 87.6 cm³/mol. The molecule has 0 bridgehead atoms. The van der Waals surface area contributed by atoms with Crippen LogP contribution in [0, 0.1) is 17.8 Å². The smallest absolute Gasteiger partial charge is 0.223 e. The minimum Gasteiger partial charge on any atom is -0.383 e. The SMILES string of the molecule is COCCN1C(=O)C[C@H]2[C@H](CNC3CCCCC3)[C@@H](C)C[C@H]21. The number of rotatable bonds is 6. The van der Waals surface area contributed by atoms with Gasteiger partial charge in [-0.15, -0.1) is 0 Å². The van der Waals surface area contributed by atoms with Gasteiger partial charge in [0.1, 0.15) is 0 Å². The van der Waals surface area contributed by atoms with Crippen molar-refractivity contribution in [1.29, 1.82) is 0 Å². The number of likely N-dealkylation sites (tertiary alicyclic amines) is 1. The highest BCUT2D eigenvalue weighted by atomic mass is 16.5. The van der Waals surface area contributed by atoms with E-state index in [1.54, 1.807) is 7.11 Å². The lowest BCUT2D eigenvalue weighted by atomic mass is 9.87. The summed E-state index contributed by atoms with van der Waals surface area (Å²) in [5.74, 6) is 2.31. The van der Waals surface area contributed by atoms with Gasteiger partial charge in [0.2, 0.25) is 5.91 Å². The molecule has 0 aromatic heterocycles. The van der Waals surface area contributed by atoms with Crippen LogP contribution in [0.2, 0.25) is 0 Å². The van der Waals surface area contributed by atoms with E-state index in [2.05, 4.69) is 17.1 Å². The average Bonchev–Trinajstić information content (AvgIpc) is 2.98. The molecule has 4 atom stereocenters. The zero-order chi connectivity index (χ0) is 15.5. The minimum absolute atomic E-state index is 0.349. The van der Waals surface area contributed by atoms with Gasteiger partial charge < -0.3 is 15.0 Å². The molecule has 0 radical (unpaired) electrons. The maximum absolute atomic E-state index is 12.3. The Kier molecular flexibility index (Phi) is 5.40. The van der Waals surface area contributed by atoms with Crippen molar-refractivity contribution in [3.8, 4) is 0 Å². The van der Waals surface area contributed by atoms with Gasteiger partial charge in [-0.25, -0.2) is 0 Å². The molecular weight excluding hydrogens is 276 g/mol. The van der Waals surface area contributed by atoms with Crippen LogP contribution in [0.4, 0.5) is 0 Å². The molecule has 0 aromatic rings. The standard InChI is InChI=1S/C18H32N2O2/c1-13-10-17-15(11-18(21)20(17)8-9-22-2)16(13)12-19-14-6-4-3-5-7-14/h13-17,19H,3-12H2,1-2H3/t13-,15-,16+,17+/m0/s1. The maximum atomic E-state index is 12.3. The molecule has 0 unspecified atom stereocenters. The van der Waals surface area contributed by atoms with E-state index in [1.807, 2.05) is 0 Å². The van der Waals surface area contributed by atoms with Crippen LogP contribution in [-0.2, 0) is 9.53 Å². The molecule has 4 heteroatoms. The van der Waals surface area contributed by atoms with Crippen LogP contribution in [0.25, 0.3) is 0 Å². The van der Waals surface area contributed by atoms with Crippen LogP contribution in [0.15, 0.2) is 0 Å². The van der Waals surface area contributed by atoms with E-state index in [0.29, 0.717) is 30.4 Å². The molecule has 4 nitrogen and oxygen atoms in total. The second-order valence-electron chi connectivity index (χ2n) is 7.64. The number of ether oxygens (including phenoxy) is 1. The molecule has 1 saturated heterocycles. The van der Waals surface area contributed by atoms with Gasteiger partial charge in [0.05, 0.1) is 6.61 Å². The fourth-order valence-electron chi connectivity index (χ4n) is 5.03. The van der Waals surface area contributed by atoms with E-state index in [9.17, 15) is 4.79 Å². The fourth-order valence-corrected chi connectivity index (χ4v) is 5.03. The zero-order valence-corrected chi connectivity index (χ0v) is 14.2. The van der Waals surface area contributed by atoms with Crippen molar-refractivity contribution in [2.75, 3.05) is 26.8 Å². The minimum atomic E-state index is 0.349. The largest absolute Gasteiger partial charge is 0.383 e. The summed E-state index contributed by atoms with van der Waals surface area (Å²) in [4.78, 5) is 14.4. The molecule has 3 fully saturated rings. The Balaban J connectivity index is 1.55. The van der Waals surface area contributed by atoms with Gasteiger partial charge in [0.15, 0.2) is 0 Å². The fraction of sp³-hybridized carbons (Fsp3) is 0.944. The first-order valence-electron chi connectivity index (χ1n) is 9.22. The summed E-state index contributed by atoms with van der Waals surface area (Å²) in [6.07, 6.45) is 8.79. The van der Waals surface area contributed by atoms with Crippen molar-refractivity contribution < 1.29 is 9.53 Å². The molecule has 2 aliphatic carbocycles. The number of hydrogen-bond acceptors (Lipinski definition) is 3. The number of nitrogens with one attached hydrogen (secondary N) is 1. The van der Waals surface area contributed by atoms with Crippen molar-refractivity contribution in [3.63, 3.8) is 0 Å². The second kappa shape index (κ2) is 7.31. The Morgan fingerprint density at radius 2 is 2.05 bits per heavy atom. The molecule has 0 spiro atoms. The second-order valence-corrected chi connectivity index (χ2v) is 7.64. The maximum Gasteiger partial charge on any atom is 0.223 e. The van der Waals surface area contributed by atoms with Gasteiger partial charge in [0.25, 0.3) is 0 Å². The van der Waals surface area contributed by atoms with Crippen molar-refractivity contribution in [2.24, 2.45) is 17.8 Å². The van der Waals surface area contributed by atoms with Gasteiger partial charge >= 0.3 is 0 Å². The molecule has 1 heterocycles. The summed E-state index contributed by atoms with van der Waals surface area (Å²) in [5.41, 5.74) is 0. The van der Waals surface area contributed by atoms with Crippen molar-refractivity contribution >= 4 is 5.91 Å². The third-order valence-corrected chi connectivity index (χ3v) is 6.30. The quantitative estimate of drug-likeness (QED) is 0.819. The lowest BCUT2D eigenvalue weighted by molar-refractivity contribution is -0.129. The molecule has 3 aliphatic rings. The van der Waals surface area contributed by atoms with E-state index in [4.69, 9.17) is 4.74 Å². The first-order chi connectivity index (χ1) is 10.7. The van der Waals surface area contributed by atoms with Crippen LogP contribution in [0.5, 0.6) is 0 Å². The van der Waals surface area contributed by atoms with E-state index >= 15 is 0 Å². The number of carbonyl (C=O) groups is 1. The third kappa shape index (κ3) is 3.33. The summed E-state index contributed by atoms with van der Waals surface area (Å²) >= 11 is 0. The number of methoxy groups -OCH3 is 1. The van der Waals surface area contributed by atoms with E-state index in [-0.39, 0.29) is 0 Å². The van der Waals surface area contributed by atoms with Crippen LogP contribution < -0.4 is 5.32 Å². The summed E-state index contributed by atoms with van der Waals surface area (Å²) < 4.78 is 5.17. The highest BCUT2D eigenvalue weighted by molar-refractivity contribution is 5.79. The predicted octanol–water partition coefficient (Wildman–Crippen LogP) is 2.43. The molecular formula is C18H32N2O2. The highest BCUT2D eigenvalue weighted by Gasteiger charge is 2.50. The third-order valence-electron chi connectivity index (χ3n) is 6.30. The first kappa shape index (κ1) is 16.3. The molecule has 1 N–H and O–H groups in total. The van der Waals surface area contributed by atoms with Crippen LogP contribution in [0.3, 0.4) is 0 Å². The number of amides is 1. The number of carbonyl (C=O) groups excluding carboxylic acids is 1. The Hall–Kier alpha value is -0.610. The number of fused-ring (bicyclic) bond motifs is 1. The van der Waals surface area contributed by atoms with E-state index < -0.39 is 0 Å². The topological polar surface area (TPSA) is 41.6 Å². The van der Waals surface area contributed by atoms with Crippen LogP contribution in [0.1, 0.15) is 51.9 Å². The normalized spacial score (nSPS) is 36.1. The molecule has 1 aliphatic heterocycles. The molecule has 22 heavy (non-hydrogen) atoms. The Labute approximate surface area is 135 Å². The van der Waals surface area contributed by atoms with Gasteiger partial charge in [-0.2, -0.15) is 0 Å². The monoisotopic (exact) mass is 308 g/mol. The van der Waals surface area contributed by atoms with E-state index in [0.717, 1.165) is 31.5 Å². The Morgan fingerprint density at radius 3 is 2.77 bits per heavy atom. The van der Waals surface area contributed by atoms with Gasteiger partial charge in [-0.05, 0) is 43.6 Å². The average molecular weight is 308 g/mol. The molecule has 0 aromatic carbocycles. The summed E-state index contributed by atoms with van der Waals surface area (Å²) in [5, 5.41) is 3.82. The number of nitrogens with zero attached hydrogens (tertiary/aromatic N) is 1. The Morgan fingerprint density at radius 1 is 1.27 bits per heavy atom. The van der Waals surface area contributed by atoms with Crippen LogP contribution >= 0.6 is 0 Å². The van der Waals surface area contributed by atoms with Crippen molar-refractivity contribution in [1.82, 2.24) is 10.2 Å². The van der Waals surface area contributed by atoms with Crippen LogP contribution in [-0.4, -0.2) is 49.7 Å². The molecule has 3 rings (SSSR count). The molecule has 2 saturated carbocycles. The van der Waals surface area contributed by atoms with Crippen molar-refractivity contribution in [2.45, 2.75) is 64.0 Å². The summed E-state index contributed by atoms with van der Waals surface area (Å²) in [7, 11) is 1.71. The molecule has 1 amide bonds. The lowest BCUT2D eigenvalue weighted by Crippen LogP contribution is -2.38.